The van der Waals surface area contributed by atoms with E-state index < -0.39 is 12.2 Å². The van der Waals surface area contributed by atoms with Crippen LogP contribution in [0, 0.1) is 34.5 Å². The lowest BCUT2D eigenvalue weighted by molar-refractivity contribution is -0.178. The van der Waals surface area contributed by atoms with Crippen LogP contribution < -0.4 is 0 Å². The fourth-order valence-electron chi connectivity index (χ4n) is 7.74. The Labute approximate surface area is 147 Å². The first-order valence-electron chi connectivity index (χ1n) is 10.4. The molecular weight excluding hydrogens is 300 g/mol. The minimum atomic E-state index is -0.502. The van der Waals surface area contributed by atoms with E-state index in [-0.39, 0.29) is 5.41 Å². The first-order chi connectivity index (χ1) is 11.4. The summed E-state index contributed by atoms with van der Waals surface area (Å²) in [7, 11) is 0. The summed E-state index contributed by atoms with van der Waals surface area (Å²) in [6.45, 7) is 7.89. The van der Waals surface area contributed by atoms with Crippen molar-refractivity contribution in [1.29, 1.82) is 0 Å². The Kier molecular flexibility index (Phi) is 4.29. The Morgan fingerprint density at radius 1 is 0.833 bits per heavy atom. The SMILES string of the molecule is CCO[C@H]1CC[C@H]2[C@@H]3CC[C@@H]4[C@@H](O)[C@H](O)CC[C@]4(C)[C@H]3CC[C@]12C. The van der Waals surface area contributed by atoms with E-state index in [2.05, 4.69) is 20.8 Å². The van der Waals surface area contributed by atoms with Gasteiger partial charge in [0.05, 0.1) is 18.3 Å². The van der Waals surface area contributed by atoms with Crippen molar-refractivity contribution in [1.82, 2.24) is 0 Å². The van der Waals surface area contributed by atoms with Gasteiger partial charge in [0.25, 0.3) is 0 Å². The Morgan fingerprint density at radius 2 is 1.50 bits per heavy atom. The minimum absolute atomic E-state index is 0.229. The summed E-state index contributed by atoms with van der Waals surface area (Å²) in [5.41, 5.74) is 0.597. The third-order valence-corrected chi connectivity index (χ3v) is 9.01. The highest BCUT2D eigenvalue weighted by atomic mass is 16.5. The maximum absolute atomic E-state index is 10.6. The van der Waals surface area contributed by atoms with Crippen molar-refractivity contribution in [2.45, 2.75) is 90.4 Å². The Morgan fingerprint density at radius 3 is 2.25 bits per heavy atom. The Bertz CT molecular complexity index is 480. The normalized spacial score (nSPS) is 57.1. The molecule has 4 aliphatic rings. The summed E-state index contributed by atoms with van der Waals surface area (Å²) in [6.07, 6.45) is 8.80. The van der Waals surface area contributed by atoms with Gasteiger partial charge in [-0.05, 0) is 92.8 Å². The zero-order chi connectivity index (χ0) is 17.1. The van der Waals surface area contributed by atoms with Crippen LogP contribution in [0.15, 0.2) is 0 Å². The van der Waals surface area contributed by atoms with E-state index in [1.807, 2.05) is 0 Å². The summed E-state index contributed by atoms with van der Waals surface area (Å²) in [5, 5.41) is 20.8. The molecule has 4 fully saturated rings. The molecule has 0 bridgehead atoms. The zero-order valence-electron chi connectivity index (χ0n) is 15.7. The molecule has 4 saturated carbocycles. The van der Waals surface area contributed by atoms with Crippen LogP contribution in [-0.4, -0.2) is 35.1 Å². The van der Waals surface area contributed by atoms with Crippen molar-refractivity contribution in [2.75, 3.05) is 6.61 Å². The quantitative estimate of drug-likeness (QED) is 0.807. The molecule has 24 heavy (non-hydrogen) atoms. The van der Waals surface area contributed by atoms with E-state index in [0.717, 1.165) is 43.6 Å². The van der Waals surface area contributed by atoms with Crippen LogP contribution in [0.25, 0.3) is 0 Å². The average molecular weight is 337 g/mol. The van der Waals surface area contributed by atoms with Crippen molar-refractivity contribution in [2.24, 2.45) is 34.5 Å². The molecule has 0 unspecified atom stereocenters. The van der Waals surface area contributed by atoms with E-state index >= 15 is 0 Å². The average Bonchev–Trinajstić information content (AvgIpc) is 2.89. The van der Waals surface area contributed by atoms with Gasteiger partial charge in [-0.1, -0.05) is 13.8 Å². The molecule has 138 valence electrons. The second-order valence-electron chi connectivity index (χ2n) is 9.73. The van der Waals surface area contributed by atoms with Crippen LogP contribution in [0.4, 0.5) is 0 Å². The summed E-state index contributed by atoms with van der Waals surface area (Å²) in [6, 6.07) is 0. The topological polar surface area (TPSA) is 49.7 Å². The highest BCUT2D eigenvalue weighted by Gasteiger charge is 2.61. The lowest BCUT2D eigenvalue weighted by atomic mass is 9.44. The molecule has 0 aromatic carbocycles. The molecule has 4 rings (SSSR count). The molecule has 0 aromatic rings. The Hall–Kier alpha value is -0.120. The fourth-order valence-corrected chi connectivity index (χ4v) is 7.74. The number of fused-ring (bicyclic) bond motifs is 5. The van der Waals surface area contributed by atoms with Crippen LogP contribution in [-0.2, 0) is 4.74 Å². The van der Waals surface area contributed by atoms with Crippen LogP contribution in [0.5, 0.6) is 0 Å². The van der Waals surface area contributed by atoms with Gasteiger partial charge >= 0.3 is 0 Å². The third-order valence-electron chi connectivity index (χ3n) is 9.01. The number of hydrogen-bond acceptors (Lipinski definition) is 3. The van der Waals surface area contributed by atoms with Crippen molar-refractivity contribution in [3.63, 3.8) is 0 Å². The number of aliphatic hydroxyl groups is 2. The summed E-state index contributed by atoms with van der Waals surface area (Å²) < 4.78 is 6.14. The predicted octanol–water partition coefficient (Wildman–Crippen LogP) is 3.77. The number of aliphatic hydroxyl groups excluding tert-OH is 2. The monoisotopic (exact) mass is 336 g/mol. The van der Waals surface area contributed by atoms with E-state index in [0.29, 0.717) is 17.4 Å². The molecule has 9 atom stereocenters. The van der Waals surface area contributed by atoms with E-state index in [4.69, 9.17) is 4.74 Å². The zero-order valence-corrected chi connectivity index (χ0v) is 15.7. The molecule has 0 aliphatic heterocycles. The predicted molar refractivity (Wildman–Crippen MR) is 94.5 cm³/mol. The third kappa shape index (κ3) is 2.27. The second-order valence-corrected chi connectivity index (χ2v) is 9.73. The smallest absolute Gasteiger partial charge is 0.0832 e. The molecule has 2 N–H and O–H groups in total. The number of rotatable bonds is 2. The van der Waals surface area contributed by atoms with Gasteiger partial charge in [-0.3, -0.25) is 0 Å². The van der Waals surface area contributed by atoms with Gasteiger partial charge in [0, 0.05) is 6.61 Å². The van der Waals surface area contributed by atoms with Crippen molar-refractivity contribution < 1.29 is 14.9 Å². The Balaban J connectivity index is 1.59. The van der Waals surface area contributed by atoms with E-state index in [1.165, 1.54) is 32.1 Å². The van der Waals surface area contributed by atoms with Gasteiger partial charge in [-0.25, -0.2) is 0 Å². The molecule has 0 aromatic heterocycles. The first-order valence-corrected chi connectivity index (χ1v) is 10.4. The van der Waals surface area contributed by atoms with Crippen LogP contribution in [0.3, 0.4) is 0 Å². The molecule has 0 radical (unpaired) electrons. The first kappa shape index (κ1) is 17.3. The van der Waals surface area contributed by atoms with Crippen LogP contribution in [0.2, 0.25) is 0 Å². The van der Waals surface area contributed by atoms with Gasteiger partial charge in [-0.2, -0.15) is 0 Å². The maximum Gasteiger partial charge on any atom is 0.0832 e. The van der Waals surface area contributed by atoms with Gasteiger partial charge in [-0.15, -0.1) is 0 Å². The molecule has 0 amide bonds. The summed E-state index contributed by atoms with van der Waals surface area (Å²) in [4.78, 5) is 0. The number of hydrogen-bond donors (Lipinski definition) is 2. The lowest BCUT2D eigenvalue weighted by Crippen LogP contribution is -2.58. The minimum Gasteiger partial charge on any atom is -0.390 e. The highest BCUT2D eigenvalue weighted by Crippen LogP contribution is 2.66. The molecular formula is C21H36O3. The van der Waals surface area contributed by atoms with Crippen molar-refractivity contribution in [3.8, 4) is 0 Å². The van der Waals surface area contributed by atoms with Gasteiger partial charge < -0.3 is 14.9 Å². The molecule has 0 spiro atoms. The van der Waals surface area contributed by atoms with Crippen LogP contribution in [0.1, 0.15) is 72.1 Å². The van der Waals surface area contributed by atoms with Crippen molar-refractivity contribution >= 4 is 0 Å². The molecule has 4 aliphatic carbocycles. The maximum atomic E-state index is 10.6. The largest absolute Gasteiger partial charge is 0.390 e. The lowest BCUT2D eigenvalue weighted by Gasteiger charge is -2.61. The molecule has 0 saturated heterocycles. The highest BCUT2D eigenvalue weighted by molar-refractivity contribution is 5.11. The van der Waals surface area contributed by atoms with E-state index in [9.17, 15) is 10.2 Å². The van der Waals surface area contributed by atoms with Gasteiger partial charge in [0.1, 0.15) is 0 Å². The molecule has 3 nitrogen and oxygen atoms in total. The standard InChI is InChI=1S/C21H36O3/c1-4-24-18-8-7-14-13-5-6-16-19(23)17(22)10-12-20(16,2)15(13)9-11-21(14,18)3/h13-19,22-23H,4-12H2,1-3H3/t13-,14-,15-,16+,17+,18-,19+,20+,21-/m0/s1. The van der Waals surface area contributed by atoms with E-state index in [1.54, 1.807) is 0 Å². The van der Waals surface area contributed by atoms with Crippen molar-refractivity contribution in [3.05, 3.63) is 0 Å². The van der Waals surface area contributed by atoms with Gasteiger partial charge in [0.15, 0.2) is 0 Å². The fraction of sp³-hybridized carbons (Fsp3) is 1.00. The summed E-state index contributed by atoms with van der Waals surface area (Å²) in [5.74, 6) is 2.64. The summed E-state index contributed by atoms with van der Waals surface area (Å²) >= 11 is 0. The molecule has 0 heterocycles. The molecule has 3 heteroatoms. The van der Waals surface area contributed by atoms with Gasteiger partial charge in [0.2, 0.25) is 0 Å². The van der Waals surface area contributed by atoms with Crippen LogP contribution >= 0.6 is 0 Å². The number of ether oxygens (including phenoxy) is 1. The second kappa shape index (κ2) is 5.96.